The van der Waals surface area contributed by atoms with Gasteiger partial charge in [-0.05, 0) is 16.3 Å². The van der Waals surface area contributed by atoms with E-state index in [1.807, 2.05) is 18.2 Å². The molecule has 4 rings (SSSR count). The van der Waals surface area contributed by atoms with Crippen molar-refractivity contribution in [2.45, 2.75) is 17.5 Å². The van der Waals surface area contributed by atoms with Crippen LogP contribution in [0.5, 0.6) is 5.75 Å². The Morgan fingerprint density at radius 3 is 2.70 bits per heavy atom. The van der Waals surface area contributed by atoms with Crippen molar-refractivity contribution in [1.82, 2.24) is 4.57 Å². The number of hydrogen-bond acceptors (Lipinski definition) is 5. The largest absolute Gasteiger partial charge is 0.494 e. The van der Waals surface area contributed by atoms with Crippen molar-refractivity contribution in [3.63, 3.8) is 0 Å². The van der Waals surface area contributed by atoms with Crippen molar-refractivity contribution in [2.75, 3.05) is 20.0 Å². The fourth-order valence-electron chi connectivity index (χ4n) is 3.60. The maximum absolute atomic E-state index is 12.8. The fraction of sp³-hybridized carbons (Fsp3) is 0.238. The SMILES string of the molecule is COC(=O)[C@@H]1CSc2c(OC)c(Cc3cccc4ccccc34)cc(=O)n21. The summed E-state index contributed by atoms with van der Waals surface area (Å²) in [6.07, 6.45) is 0.580. The number of hydrogen-bond donors (Lipinski definition) is 0. The molecule has 1 aromatic heterocycles. The van der Waals surface area contributed by atoms with Gasteiger partial charge in [-0.25, -0.2) is 4.79 Å². The molecule has 0 radical (unpaired) electrons. The molecule has 2 aromatic carbocycles. The van der Waals surface area contributed by atoms with Crippen molar-refractivity contribution < 1.29 is 14.3 Å². The first-order chi connectivity index (χ1) is 13.1. The van der Waals surface area contributed by atoms with Crippen LogP contribution >= 0.6 is 11.8 Å². The number of rotatable bonds is 4. The molecule has 0 aliphatic carbocycles. The van der Waals surface area contributed by atoms with E-state index in [1.165, 1.54) is 23.4 Å². The number of aromatic nitrogens is 1. The molecule has 1 aliphatic heterocycles. The zero-order valence-corrected chi connectivity index (χ0v) is 15.9. The smallest absolute Gasteiger partial charge is 0.329 e. The number of esters is 1. The highest BCUT2D eigenvalue weighted by molar-refractivity contribution is 7.99. The van der Waals surface area contributed by atoms with E-state index in [0.717, 1.165) is 21.9 Å². The molecule has 0 unspecified atom stereocenters. The molecule has 0 saturated carbocycles. The van der Waals surface area contributed by atoms with Crippen molar-refractivity contribution in [2.24, 2.45) is 0 Å². The summed E-state index contributed by atoms with van der Waals surface area (Å²) in [6.45, 7) is 0. The second-order valence-electron chi connectivity index (χ2n) is 6.38. The van der Waals surface area contributed by atoms with Gasteiger partial charge in [0.05, 0.1) is 14.2 Å². The van der Waals surface area contributed by atoms with Crippen molar-refractivity contribution in [3.05, 3.63) is 70.0 Å². The van der Waals surface area contributed by atoms with Gasteiger partial charge in [-0.3, -0.25) is 9.36 Å². The molecule has 1 aliphatic rings. The van der Waals surface area contributed by atoms with Crippen LogP contribution in [-0.4, -0.2) is 30.5 Å². The summed E-state index contributed by atoms with van der Waals surface area (Å²) in [7, 11) is 2.93. The fourth-order valence-corrected chi connectivity index (χ4v) is 4.91. The van der Waals surface area contributed by atoms with E-state index in [9.17, 15) is 9.59 Å². The van der Waals surface area contributed by atoms with Crippen LogP contribution in [0.4, 0.5) is 0 Å². The van der Waals surface area contributed by atoms with Gasteiger partial charge in [0.15, 0.2) is 5.75 Å². The van der Waals surface area contributed by atoms with E-state index in [4.69, 9.17) is 9.47 Å². The van der Waals surface area contributed by atoms with Gasteiger partial charge >= 0.3 is 5.97 Å². The molecule has 138 valence electrons. The Morgan fingerprint density at radius 1 is 1.15 bits per heavy atom. The third-order valence-corrected chi connectivity index (χ3v) is 6.01. The predicted octanol–water partition coefficient (Wildman–Crippen LogP) is 3.42. The minimum atomic E-state index is -0.608. The van der Waals surface area contributed by atoms with E-state index in [2.05, 4.69) is 24.3 Å². The van der Waals surface area contributed by atoms with Gasteiger partial charge in [-0.15, -0.1) is 11.8 Å². The zero-order valence-electron chi connectivity index (χ0n) is 15.1. The van der Waals surface area contributed by atoms with E-state index in [0.29, 0.717) is 22.9 Å². The molecule has 27 heavy (non-hydrogen) atoms. The number of pyridine rings is 1. The lowest BCUT2D eigenvalue weighted by Gasteiger charge is -2.16. The molecule has 5 nitrogen and oxygen atoms in total. The number of nitrogens with zero attached hydrogens (tertiary/aromatic N) is 1. The minimum absolute atomic E-state index is 0.207. The van der Waals surface area contributed by atoms with Gasteiger partial charge in [0, 0.05) is 23.8 Å². The van der Waals surface area contributed by atoms with Crippen molar-refractivity contribution in [1.29, 1.82) is 0 Å². The molecule has 0 bridgehead atoms. The van der Waals surface area contributed by atoms with Crippen LogP contribution < -0.4 is 10.3 Å². The van der Waals surface area contributed by atoms with Gasteiger partial charge in [-0.2, -0.15) is 0 Å². The summed E-state index contributed by atoms with van der Waals surface area (Å²) in [5, 5.41) is 3.00. The second kappa shape index (κ2) is 7.12. The van der Waals surface area contributed by atoms with Crippen molar-refractivity contribution >= 4 is 28.5 Å². The van der Waals surface area contributed by atoms with Crippen LogP contribution in [0.15, 0.2) is 58.4 Å². The van der Waals surface area contributed by atoms with E-state index in [1.54, 1.807) is 13.2 Å². The number of thioether (sulfide) groups is 1. The Labute approximate surface area is 160 Å². The van der Waals surface area contributed by atoms with E-state index in [-0.39, 0.29) is 5.56 Å². The number of fused-ring (bicyclic) bond motifs is 2. The Balaban J connectivity index is 1.82. The summed E-state index contributed by atoms with van der Waals surface area (Å²) in [5.74, 6) is 0.710. The molecule has 0 N–H and O–H groups in total. The summed E-state index contributed by atoms with van der Waals surface area (Å²) in [6, 6.07) is 15.3. The molecular weight excluding hydrogens is 362 g/mol. The van der Waals surface area contributed by atoms with Crippen LogP contribution in [0.3, 0.4) is 0 Å². The lowest BCUT2D eigenvalue weighted by Crippen LogP contribution is -2.29. The van der Waals surface area contributed by atoms with Gasteiger partial charge in [-0.1, -0.05) is 42.5 Å². The quantitative estimate of drug-likeness (QED) is 0.648. The maximum Gasteiger partial charge on any atom is 0.329 e. The Bertz CT molecular complexity index is 1080. The predicted molar refractivity (Wildman–Crippen MR) is 106 cm³/mol. The van der Waals surface area contributed by atoms with Crippen LogP contribution in [0.2, 0.25) is 0 Å². The number of methoxy groups -OCH3 is 2. The summed E-state index contributed by atoms with van der Waals surface area (Å²) >= 11 is 1.45. The van der Waals surface area contributed by atoms with Crippen LogP contribution in [0.1, 0.15) is 17.2 Å². The van der Waals surface area contributed by atoms with Gasteiger partial charge in [0.1, 0.15) is 11.1 Å². The molecule has 0 spiro atoms. The Kier molecular flexibility index (Phi) is 4.66. The standard InChI is InChI=1S/C21H19NO4S/c1-25-19-15(10-14-8-5-7-13-6-3-4-9-16(13)14)11-18(23)22-17(21(24)26-2)12-27-20(19)22/h3-9,11,17H,10,12H2,1-2H3/t17-/m0/s1. The maximum atomic E-state index is 12.8. The summed E-state index contributed by atoms with van der Waals surface area (Å²) < 4.78 is 12.0. The second-order valence-corrected chi connectivity index (χ2v) is 7.39. The molecule has 1 atom stereocenters. The monoisotopic (exact) mass is 381 g/mol. The normalized spacial score (nSPS) is 15.6. The number of benzene rings is 2. The number of carbonyl (C=O) groups is 1. The third-order valence-electron chi connectivity index (χ3n) is 4.87. The summed E-state index contributed by atoms with van der Waals surface area (Å²) in [4.78, 5) is 24.8. The molecular formula is C21H19NO4S. The van der Waals surface area contributed by atoms with Gasteiger partial charge < -0.3 is 9.47 Å². The van der Waals surface area contributed by atoms with E-state index < -0.39 is 12.0 Å². The lowest BCUT2D eigenvalue weighted by molar-refractivity contribution is -0.143. The summed E-state index contributed by atoms with van der Waals surface area (Å²) in [5.41, 5.74) is 1.74. The highest BCUT2D eigenvalue weighted by Crippen LogP contribution is 2.41. The molecule has 0 saturated heterocycles. The molecule has 0 fully saturated rings. The minimum Gasteiger partial charge on any atom is -0.494 e. The van der Waals surface area contributed by atoms with Gasteiger partial charge in [0.25, 0.3) is 5.56 Å². The zero-order chi connectivity index (χ0) is 19.0. The lowest BCUT2D eigenvalue weighted by atomic mass is 9.98. The molecule has 2 heterocycles. The first kappa shape index (κ1) is 17.7. The number of carbonyl (C=O) groups excluding carboxylic acids is 1. The molecule has 0 amide bonds. The molecule has 3 aromatic rings. The third kappa shape index (κ3) is 3.00. The van der Waals surface area contributed by atoms with Crippen molar-refractivity contribution in [3.8, 4) is 5.75 Å². The van der Waals surface area contributed by atoms with Crippen LogP contribution in [-0.2, 0) is 16.0 Å². The first-order valence-electron chi connectivity index (χ1n) is 8.63. The topological polar surface area (TPSA) is 57.5 Å². The van der Waals surface area contributed by atoms with Crippen LogP contribution in [0, 0.1) is 0 Å². The van der Waals surface area contributed by atoms with E-state index >= 15 is 0 Å². The van der Waals surface area contributed by atoms with Gasteiger partial charge in [0.2, 0.25) is 0 Å². The van der Waals surface area contributed by atoms with Crippen LogP contribution in [0.25, 0.3) is 10.8 Å². The Morgan fingerprint density at radius 2 is 1.93 bits per heavy atom. The molecule has 6 heteroatoms. The average molecular weight is 381 g/mol. The highest BCUT2D eigenvalue weighted by Gasteiger charge is 2.34. The first-order valence-corrected chi connectivity index (χ1v) is 9.62. The average Bonchev–Trinajstić information content (AvgIpc) is 3.13. The Hall–Kier alpha value is -2.73. The highest BCUT2D eigenvalue weighted by atomic mass is 32.2. The number of ether oxygens (including phenoxy) is 2.